The van der Waals surface area contributed by atoms with Crippen LogP contribution < -0.4 is 4.90 Å². The molecule has 1 aliphatic rings. The molecular formula is C27H29ClFN5O3. The molecule has 194 valence electrons. The minimum atomic E-state index is -1.23. The Bertz CT molecular complexity index is 1400. The van der Waals surface area contributed by atoms with E-state index in [9.17, 15) is 14.6 Å². The lowest BCUT2D eigenvalue weighted by molar-refractivity contribution is 0.0688. The Hall–Kier alpha value is -3.40. The van der Waals surface area contributed by atoms with Crippen molar-refractivity contribution >= 4 is 17.3 Å². The van der Waals surface area contributed by atoms with Crippen LogP contribution in [0, 0.1) is 26.7 Å². The summed E-state index contributed by atoms with van der Waals surface area (Å²) in [5.41, 5.74) is 4.00. The summed E-state index contributed by atoms with van der Waals surface area (Å²) in [6.45, 7) is 10.6. The Kier molecular flexibility index (Phi) is 7.32. The Labute approximate surface area is 220 Å². The molecule has 4 rings (SSSR count). The second kappa shape index (κ2) is 10.2. The Morgan fingerprint density at radius 2 is 1.76 bits per heavy atom. The van der Waals surface area contributed by atoms with E-state index in [1.54, 1.807) is 50.2 Å². The van der Waals surface area contributed by atoms with Crippen molar-refractivity contribution in [2.24, 2.45) is 0 Å². The van der Waals surface area contributed by atoms with Gasteiger partial charge in [-0.2, -0.15) is 4.39 Å². The van der Waals surface area contributed by atoms with E-state index in [-0.39, 0.29) is 23.2 Å². The predicted molar refractivity (Wildman–Crippen MR) is 139 cm³/mol. The van der Waals surface area contributed by atoms with Crippen LogP contribution in [0.15, 0.2) is 53.2 Å². The molecule has 3 aromatic heterocycles. The summed E-state index contributed by atoms with van der Waals surface area (Å²) in [5, 5.41) is 21.6. The van der Waals surface area contributed by atoms with E-state index in [4.69, 9.17) is 16.3 Å². The minimum absolute atomic E-state index is 0.00435. The molecule has 8 nitrogen and oxygen atoms in total. The van der Waals surface area contributed by atoms with Gasteiger partial charge < -0.3 is 19.8 Å². The van der Waals surface area contributed by atoms with Crippen molar-refractivity contribution in [2.45, 2.75) is 60.0 Å². The van der Waals surface area contributed by atoms with Crippen LogP contribution in [0.25, 0.3) is 11.4 Å². The SMILES string of the molecule is CC1=CC(OCc2cc(C)cc(F)n2)=C(Cl)C(O)N1c1cc(-c2nc(C(C)(C)O)ncc2C)ncc1C. The van der Waals surface area contributed by atoms with Gasteiger partial charge in [0.1, 0.15) is 23.0 Å². The fourth-order valence-corrected chi connectivity index (χ4v) is 4.22. The van der Waals surface area contributed by atoms with Crippen molar-refractivity contribution in [3.8, 4) is 11.4 Å². The molecular weight excluding hydrogens is 497 g/mol. The van der Waals surface area contributed by atoms with E-state index in [1.165, 1.54) is 6.07 Å². The van der Waals surface area contributed by atoms with Gasteiger partial charge in [-0.25, -0.2) is 15.0 Å². The molecule has 0 aromatic carbocycles. The standard InChI is InChI=1S/C27H29ClFN5O3/c1-14-7-18(32-22(29)8-14)13-37-21-9-17(4)34(25(35)23(21)28)20-10-19(30-11-15(20)2)24-16(3)12-31-26(33-24)27(5,6)36/h7-12,25,35-36H,13H2,1-6H3. The average Bonchev–Trinajstić information content (AvgIpc) is 2.81. The third-order valence-corrected chi connectivity index (χ3v) is 6.27. The van der Waals surface area contributed by atoms with E-state index < -0.39 is 17.8 Å². The number of pyridine rings is 2. The smallest absolute Gasteiger partial charge is 0.213 e. The van der Waals surface area contributed by atoms with Crippen molar-refractivity contribution in [3.05, 3.63) is 87.3 Å². The Morgan fingerprint density at radius 1 is 1.05 bits per heavy atom. The zero-order valence-electron chi connectivity index (χ0n) is 21.5. The molecule has 2 N–H and O–H groups in total. The average molecular weight is 526 g/mol. The van der Waals surface area contributed by atoms with Crippen molar-refractivity contribution in [1.29, 1.82) is 0 Å². The Balaban J connectivity index is 1.65. The highest BCUT2D eigenvalue weighted by atomic mass is 35.5. The van der Waals surface area contributed by atoms with E-state index in [1.807, 2.05) is 26.8 Å². The highest BCUT2D eigenvalue weighted by molar-refractivity contribution is 6.31. The van der Waals surface area contributed by atoms with Crippen molar-refractivity contribution < 1.29 is 19.3 Å². The van der Waals surface area contributed by atoms with Crippen molar-refractivity contribution in [1.82, 2.24) is 19.9 Å². The third-order valence-electron chi connectivity index (χ3n) is 5.89. The third kappa shape index (κ3) is 5.64. The molecule has 10 heteroatoms. The van der Waals surface area contributed by atoms with Crippen LogP contribution >= 0.6 is 11.6 Å². The predicted octanol–water partition coefficient (Wildman–Crippen LogP) is 4.93. The zero-order valence-corrected chi connectivity index (χ0v) is 22.3. The number of aromatic nitrogens is 4. The molecule has 0 bridgehead atoms. The van der Waals surface area contributed by atoms with E-state index in [2.05, 4.69) is 19.9 Å². The monoisotopic (exact) mass is 525 g/mol. The first-order valence-corrected chi connectivity index (χ1v) is 12.1. The molecule has 37 heavy (non-hydrogen) atoms. The molecule has 1 aliphatic heterocycles. The minimum Gasteiger partial charge on any atom is -0.486 e. The largest absolute Gasteiger partial charge is 0.486 e. The number of aliphatic hydroxyl groups excluding tert-OH is 1. The molecule has 0 radical (unpaired) electrons. The fraction of sp³-hybridized carbons (Fsp3) is 0.333. The summed E-state index contributed by atoms with van der Waals surface area (Å²) in [5.74, 6) is -0.0281. The lowest BCUT2D eigenvalue weighted by Gasteiger charge is -2.35. The Morgan fingerprint density at radius 3 is 2.43 bits per heavy atom. The molecule has 0 fully saturated rings. The van der Waals surface area contributed by atoms with Gasteiger partial charge in [-0.3, -0.25) is 4.98 Å². The molecule has 0 amide bonds. The molecule has 4 heterocycles. The molecule has 1 atom stereocenters. The van der Waals surface area contributed by atoms with Crippen LogP contribution in [0.2, 0.25) is 0 Å². The lowest BCUT2D eigenvalue weighted by Crippen LogP contribution is -2.37. The van der Waals surface area contributed by atoms with Gasteiger partial charge in [0.15, 0.2) is 12.1 Å². The van der Waals surface area contributed by atoms with Gasteiger partial charge in [0.2, 0.25) is 5.95 Å². The number of anilines is 1. The number of aryl methyl sites for hydroxylation is 3. The summed E-state index contributed by atoms with van der Waals surface area (Å²) in [7, 11) is 0. The topological polar surface area (TPSA) is 104 Å². The van der Waals surface area contributed by atoms with Crippen LogP contribution in [0.3, 0.4) is 0 Å². The number of hydrogen-bond donors (Lipinski definition) is 2. The molecule has 0 aliphatic carbocycles. The van der Waals surface area contributed by atoms with Crippen molar-refractivity contribution in [2.75, 3.05) is 4.90 Å². The first-order chi connectivity index (χ1) is 17.3. The molecule has 0 spiro atoms. The normalized spacial score (nSPS) is 16.2. The maximum atomic E-state index is 13.6. The van der Waals surface area contributed by atoms with E-state index in [0.29, 0.717) is 28.5 Å². The van der Waals surface area contributed by atoms with Crippen LogP contribution in [0.5, 0.6) is 0 Å². The summed E-state index contributed by atoms with van der Waals surface area (Å²) in [6.07, 6.45) is 3.83. The number of nitrogens with zero attached hydrogens (tertiary/aromatic N) is 5. The highest BCUT2D eigenvalue weighted by Gasteiger charge is 2.30. The van der Waals surface area contributed by atoms with Crippen LogP contribution in [0.1, 0.15) is 49.0 Å². The second-order valence-corrected chi connectivity index (χ2v) is 10.0. The van der Waals surface area contributed by atoms with Gasteiger partial charge in [-0.1, -0.05) is 11.6 Å². The molecule has 3 aromatic rings. The highest BCUT2D eigenvalue weighted by Crippen LogP contribution is 2.36. The molecule has 0 saturated heterocycles. The van der Waals surface area contributed by atoms with Gasteiger partial charge in [0.05, 0.1) is 22.8 Å². The molecule has 1 unspecified atom stereocenters. The quantitative estimate of drug-likeness (QED) is 0.436. The summed E-state index contributed by atoms with van der Waals surface area (Å²) in [6, 6.07) is 4.87. The first kappa shape index (κ1) is 26.7. The lowest BCUT2D eigenvalue weighted by atomic mass is 10.1. The van der Waals surface area contributed by atoms with E-state index >= 15 is 0 Å². The number of ether oxygens (including phenoxy) is 1. The number of allylic oxidation sites excluding steroid dienone is 2. The number of hydrogen-bond acceptors (Lipinski definition) is 8. The van der Waals surface area contributed by atoms with Crippen LogP contribution in [-0.2, 0) is 16.9 Å². The second-order valence-electron chi connectivity index (χ2n) is 9.63. The summed E-state index contributed by atoms with van der Waals surface area (Å²) >= 11 is 6.54. The first-order valence-electron chi connectivity index (χ1n) is 11.7. The van der Waals surface area contributed by atoms with Crippen LogP contribution in [-0.4, -0.2) is 36.4 Å². The van der Waals surface area contributed by atoms with Crippen LogP contribution in [0.4, 0.5) is 10.1 Å². The summed E-state index contributed by atoms with van der Waals surface area (Å²) in [4.78, 5) is 18.9. The maximum absolute atomic E-state index is 13.6. The number of rotatable bonds is 6. The summed E-state index contributed by atoms with van der Waals surface area (Å²) < 4.78 is 19.4. The fourth-order valence-electron chi connectivity index (χ4n) is 4.01. The van der Waals surface area contributed by atoms with Gasteiger partial charge >= 0.3 is 0 Å². The van der Waals surface area contributed by atoms with E-state index in [0.717, 1.165) is 16.7 Å². The van der Waals surface area contributed by atoms with Gasteiger partial charge in [-0.05, 0) is 76.4 Å². The van der Waals surface area contributed by atoms with Gasteiger partial charge in [0.25, 0.3) is 0 Å². The number of aliphatic hydroxyl groups is 2. The van der Waals surface area contributed by atoms with Crippen molar-refractivity contribution in [3.63, 3.8) is 0 Å². The van der Waals surface area contributed by atoms with Gasteiger partial charge in [0, 0.05) is 24.2 Å². The zero-order chi connectivity index (χ0) is 27.1. The van der Waals surface area contributed by atoms with Gasteiger partial charge in [-0.15, -0.1) is 0 Å². The maximum Gasteiger partial charge on any atom is 0.213 e. The number of halogens is 2. The molecule has 0 saturated carbocycles.